The highest BCUT2D eigenvalue weighted by Crippen LogP contribution is 2.57. The number of hydrogen-bond donors (Lipinski definition) is 1. The molecule has 4 aromatic rings. The highest BCUT2D eigenvalue weighted by Gasteiger charge is 2.49. The molecule has 41 heavy (non-hydrogen) atoms. The summed E-state index contributed by atoms with van der Waals surface area (Å²) in [7, 11) is 0. The average molecular weight is 578 g/mol. The van der Waals surface area contributed by atoms with Crippen LogP contribution in [0.15, 0.2) is 58.8 Å². The van der Waals surface area contributed by atoms with E-state index in [1.54, 1.807) is 11.1 Å². The SMILES string of the molecule is O=C1c2c(O)c(=O)ccn2N(C2c3ccccc3-c3scc4c3-c3c2ccc(F)c3C(F)(F)CC4)C2COCCN12. The first kappa shape index (κ1) is 24.7. The minimum Gasteiger partial charge on any atom is -0.502 e. The minimum atomic E-state index is -3.41. The third kappa shape index (κ3) is 3.24. The first-order valence-electron chi connectivity index (χ1n) is 13.3. The molecule has 0 radical (unpaired) electrons. The Kier molecular flexibility index (Phi) is 5.10. The number of ether oxygens (including phenoxy) is 1. The Balaban J connectivity index is 1.51. The quantitative estimate of drug-likeness (QED) is 0.346. The van der Waals surface area contributed by atoms with Gasteiger partial charge < -0.3 is 14.7 Å². The van der Waals surface area contributed by atoms with Gasteiger partial charge in [-0.15, -0.1) is 11.3 Å². The number of aromatic hydroxyl groups is 1. The zero-order chi connectivity index (χ0) is 28.2. The van der Waals surface area contributed by atoms with Crippen LogP contribution in [0.3, 0.4) is 0 Å². The Bertz CT molecular complexity index is 1850. The molecule has 7 nitrogen and oxygen atoms in total. The number of thiophene rings is 1. The van der Waals surface area contributed by atoms with Gasteiger partial charge >= 0.3 is 0 Å². The zero-order valence-electron chi connectivity index (χ0n) is 21.4. The second-order valence-electron chi connectivity index (χ2n) is 10.7. The first-order valence-corrected chi connectivity index (χ1v) is 14.2. The second-order valence-corrected chi connectivity index (χ2v) is 11.6. The number of aryl methyl sites for hydroxylation is 1. The van der Waals surface area contributed by atoms with Crippen LogP contribution >= 0.6 is 11.3 Å². The number of carbonyl (C=O) groups excluding carboxylic acids is 1. The molecule has 1 N–H and O–H groups in total. The molecule has 0 saturated carbocycles. The van der Waals surface area contributed by atoms with Gasteiger partial charge in [-0.1, -0.05) is 30.3 Å². The van der Waals surface area contributed by atoms with Crippen molar-refractivity contribution in [3.05, 3.63) is 98.0 Å². The fraction of sp³-hybridized carbons (Fsp3) is 0.267. The fourth-order valence-corrected chi connectivity index (χ4v) is 8.00. The Morgan fingerprint density at radius 2 is 1.88 bits per heavy atom. The number of aromatic nitrogens is 1. The first-order chi connectivity index (χ1) is 19.8. The standard InChI is InChI=1S/C30H22F3N3O4S/c31-19-6-5-18-23-22-15(7-9-30(32,33)24(19)23)14-41-28(22)17-4-2-1-3-16(17)25(18)36-21-13-40-12-11-34(21)29(39)26-27(38)20(37)8-10-35(26)36/h1-6,8,10,14,21,25,38H,7,9,11-13H2. The summed E-state index contributed by atoms with van der Waals surface area (Å²) in [4.78, 5) is 28.4. The van der Waals surface area contributed by atoms with E-state index in [1.165, 1.54) is 27.1 Å². The molecule has 2 unspecified atom stereocenters. The average Bonchev–Trinajstić information content (AvgIpc) is 3.29. The van der Waals surface area contributed by atoms with Crippen LogP contribution in [0, 0.1) is 5.82 Å². The van der Waals surface area contributed by atoms with Gasteiger partial charge in [0.2, 0.25) is 5.43 Å². The van der Waals surface area contributed by atoms with E-state index < -0.39 is 53.0 Å². The van der Waals surface area contributed by atoms with Gasteiger partial charge in [0.1, 0.15) is 12.0 Å². The molecule has 2 aromatic carbocycles. The number of morpholine rings is 1. The van der Waals surface area contributed by atoms with Gasteiger partial charge in [0.05, 0.1) is 24.8 Å². The lowest BCUT2D eigenvalue weighted by Gasteiger charge is -2.51. The number of halogens is 3. The third-order valence-corrected chi connectivity index (χ3v) is 9.67. The van der Waals surface area contributed by atoms with Crippen molar-refractivity contribution in [1.29, 1.82) is 0 Å². The maximum absolute atomic E-state index is 15.8. The van der Waals surface area contributed by atoms with E-state index in [1.807, 2.05) is 29.6 Å². The van der Waals surface area contributed by atoms with E-state index in [-0.39, 0.29) is 37.4 Å². The molecule has 0 bridgehead atoms. The van der Waals surface area contributed by atoms with Crippen molar-refractivity contribution >= 4 is 17.2 Å². The summed E-state index contributed by atoms with van der Waals surface area (Å²) in [5.74, 6) is -5.61. The highest BCUT2D eigenvalue weighted by atomic mass is 32.1. The summed E-state index contributed by atoms with van der Waals surface area (Å²) in [6, 6.07) is 10.5. The molecular formula is C30H22F3N3O4S. The fourth-order valence-electron chi connectivity index (χ4n) is 6.84. The normalized spacial score (nSPS) is 21.8. The number of nitrogens with zero attached hydrogens (tertiary/aromatic N) is 3. The Morgan fingerprint density at radius 3 is 2.73 bits per heavy atom. The molecule has 208 valence electrons. The molecule has 4 aliphatic rings. The van der Waals surface area contributed by atoms with Crippen LogP contribution in [-0.2, 0) is 17.1 Å². The van der Waals surface area contributed by atoms with Gasteiger partial charge in [0.15, 0.2) is 11.4 Å². The molecule has 4 heterocycles. The lowest BCUT2D eigenvalue weighted by atomic mass is 9.87. The molecule has 1 fully saturated rings. The smallest absolute Gasteiger partial charge is 0.278 e. The van der Waals surface area contributed by atoms with Crippen molar-refractivity contribution in [3.8, 4) is 27.3 Å². The lowest BCUT2D eigenvalue weighted by molar-refractivity contribution is -0.0198. The van der Waals surface area contributed by atoms with Crippen LogP contribution in [-0.4, -0.2) is 46.5 Å². The topological polar surface area (TPSA) is 75.0 Å². The monoisotopic (exact) mass is 577 g/mol. The third-order valence-electron chi connectivity index (χ3n) is 8.61. The molecule has 2 atom stereocenters. The number of carbonyl (C=O) groups is 1. The van der Waals surface area contributed by atoms with Crippen LogP contribution in [0.5, 0.6) is 5.75 Å². The summed E-state index contributed by atoms with van der Waals surface area (Å²) in [5, 5.41) is 14.5. The largest absolute Gasteiger partial charge is 0.502 e. The van der Waals surface area contributed by atoms with Crippen LogP contribution in [0.2, 0.25) is 0 Å². The van der Waals surface area contributed by atoms with Gasteiger partial charge in [-0.05, 0) is 40.1 Å². The van der Waals surface area contributed by atoms with E-state index >= 15 is 13.2 Å². The number of pyridine rings is 1. The molecule has 2 aliphatic carbocycles. The Hall–Kier alpha value is -4.09. The van der Waals surface area contributed by atoms with E-state index in [0.717, 1.165) is 33.7 Å². The second kappa shape index (κ2) is 8.46. The zero-order valence-corrected chi connectivity index (χ0v) is 22.3. The predicted molar refractivity (Wildman–Crippen MR) is 145 cm³/mol. The molecule has 2 aromatic heterocycles. The number of alkyl halides is 2. The number of benzene rings is 2. The predicted octanol–water partition coefficient (Wildman–Crippen LogP) is 4.98. The van der Waals surface area contributed by atoms with E-state index in [2.05, 4.69) is 0 Å². The van der Waals surface area contributed by atoms with Gasteiger partial charge in [-0.2, -0.15) is 0 Å². The van der Waals surface area contributed by atoms with Crippen molar-refractivity contribution in [1.82, 2.24) is 9.58 Å². The van der Waals surface area contributed by atoms with Crippen LogP contribution in [0.4, 0.5) is 13.2 Å². The summed E-state index contributed by atoms with van der Waals surface area (Å²) < 4.78 is 54.3. The van der Waals surface area contributed by atoms with Gasteiger partial charge in [-0.3, -0.25) is 19.3 Å². The number of fused-ring (bicyclic) bond motifs is 4. The Labute approximate surface area is 235 Å². The molecule has 11 heteroatoms. The minimum absolute atomic E-state index is 0.0966. The van der Waals surface area contributed by atoms with Crippen LogP contribution < -0.4 is 10.4 Å². The van der Waals surface area contributed by atoms with Crippen molar-refractivity contribution < 1.29 is 27.8 Å². The van der Waals surface area contributed by atoms with Gasteiger partial charge in [-0.25, -0.2) is 13.2 Å². The number of amides is 1. The maximum atomic E-state index is 15.8. The van der Waals surface area contributed by atoms with E-state index in [0.29, 0.717) is 11.1 Å². The number of hydrogen-bond acceptors (Lipinski definition) is 6. The van der Waals surface area contributed by atoms with Crippen molar-refractivity contribution in [2.24, 2.45) is 0 Å². The van der Waals surface area contributed by atoms with Gasteiger partial charge in [0, 0.05) is 41.2 Å². The summed E-state index contributed by atoms with van der Waals surface area (Å²) >= 11 is 1.44. The summed E-state index contributed by atoms with van der Waals surface area (Å²) in [6.07, 6.45) is 0.286. The summed E-state index contributed by atoms with van der Waals surface area (Å²) in [5.41, 5.74) is 1.97. The molecule has 8 rings (SSSR count). The van der Waals surface area contributed by atoms with E-state index in [4.69, 9.17) is 4.74 Å². The lowest BCUT2D eigenvalue weighted by Crippen LogP contribution is -2.66. The molecule has 1 amide bonds. The number of rotatable bonds is 1. The van der Waals surface area contributed by atoms with E-state index in [9.17, 15) is 14.7 Å². The molecular weight excluding hydrogens is 555 g/mol. The molecule has 2 aliphatic heterocycles. The molecule has 1 saturated heterocycles. The highest BCUT2D eigenvalue weighted by molar-refractivity contribution is 7.14. The van der Waals surface area contributed by atoms with Crippen LogP contribution in [0.1, 0.15) is 45.2 Å². The van der Waals surface area contributed by atoms with Crippen LogP contribution in [0.25, 0.3) is 21.6 Å². The van der Waals surface area contributed by atoms with Crippen molar-refractivity contribution in [2.45, 2.75) is 31.0 Å². The van der Waals surface area contributed by atoms with Gasteiger partial charge in [0.25, 0.3) is 11.8 Å². The Morgan fingerprint density at radius 1 is 1.05 bits per heavy atom. The van der Waals surface area contributed by atoms with Crippen molar-refractivity contribution in [3.63, 3.8) is 0 Å². The van der Waals surface area contributed by atoms with Crippen molar-refractivity contribution in [2.75, 3.05) is 24.8 Å². The maximum Gasteiger partial charge on any atom is 0.278 e. The summed E-state index contributed by atoms with van der Waals surface area (Å²) in [6.45, 7) is 0.561. The molecule has 0 spiro atoms.